The molecule has 0 aliphatic rings. The van der Waals surface area contributed by atoms with Crippen LogP contribution in [0.5, 0.6) is 5.75 Å². The first-order chi connectivity index (χ1) is 11.8. The molecule has 0 aromatic heterocycles. The van der Waals surface area contributed by atoms with E-state index in [9.17, 15) is 22.4 Å². The third kappa shape index (κ3) is 5.77. The van der Waals surface area contributed by atoms with E-state index in [4.69, 9.17) is 0 Å². The van der Waals surface area contributed by atoms with Crippen molar-refractivity contribution >= 4 is 5.91 Å². The molecule has 0 saturated carbocycles. The second kappa shape index (κ2) is 8.50. The van der Waals surface area contributed by atoms with Crippen molar-refractivity contribution < 1.29 is 27.1 Å². The maximum absolute atomic E-state index is 13.1. The Balaban J connectivity index is 1.86. The van der Waals surface area contributed by atoms with Gasteiger partial charge in [-0.15, -0.1) is 0 Å². The van der Waals surface area contributed by atoms with Crippen LogP contribution in [0.1, 0.15) is 17.5 Å². The van der Waals surface area contributed by atoms with E-state index >= 15 is 0 Å². The third-order valence-corrected chi connectivity index (χ3v) is 3.61. The molecule has 134 valence electrons. The highest BCUT2D eigenvalue weighted by atomic mass is 19.3. The summed E-state index contributed by atoms with van der Waals surface area (Å²) in [4.78, 5) is 13.6. The van der Waals surface area contributed by atoms with E-state index < -0.39 is 18.2 Å². The van der Waals surface area contributed by atoms with Gasteiger partial charge in [-0.25, -0.2) is 8.78 Å². The minimum absolute atomic E-state index is 0.0473. The van der Waals surface area contributed by atoms with Gasteiger partial charge in [0.2, 0.25) is 5.91 Å². The number of rotatable bonds is 7. The molecule has 2 aromatic rings. The van der Waals surface area contributed by atoms with Crippen LogP contribution in [0.2, 0.25) is 0 Å². The minimum Gasteiger partial charge on any atom is -0.435 e. The zero-order valence-electron chi connectivity index (χ0n) is 13.5. The minimum atomic E-state index is -2.88. The highest BCUT2D eigenvalue weighted by Crippen LogP contribution is 2.16. The van der Waals surface area contributed by atoms with Crippen molar-refractivity contribution in [1.82, 2.24) is 4.90 Å². The van der Waals surface area contributed by atoms with Crippen LogP contribution >= 0.6 is 0 Å². The summed E-state index contributed by atoms with van der Waals surface area (Å²) in [5.41, 5.74) is 1.29. The molecule has 0 saturated heterocycles. The molecule has 0 radical (unpaired) electrons. The Bertz CT molecular complexity index is 720. The number of hydrogen-bond donors (Lipinski definition) is 0. The van der Waals surface area contributed by atoms with Gasteiger partial charge in [0.15, 0.2) is 11.6 Å². The van der Waals surface area contributed by atoms with Crippen LogP contribution in [0, 0.1) is 11.6 Å². The normalized spacial score (nSPS) is 10.8. The van der Waals surface area contributed by atoms with Gasteiger partial charge in [-0.05, 0) is 41.8 Å². The van der Waals surface area contributed by atoms with Gasteiger partial charge in [-0.3, -0.25) is 4.79 Å². The molecule has 0 spiro atoms. The molecule has 2 rings (SSSR count). The average Bonchev–Trinajstić information content (AvgIpc) is 2.57. The van der Waals surface area contributed by atoms with E-state index in [1.807, 2.05) is 0 Å². The van der Waals surface area contributed by atoms with Crippen molar-refractivity contribution in [1.29, 1.82) is 0 Å². The maximum atomic E-state index is 13.1. The molecular formula is C18H17F4NO2. The highest BCUT2D eigenvalue weighted by molar-refractivity contribution is 5.76. The van der Waals surface area contributed by atoms with Gasteiger partial charge in [0, 0.05) is 20.0 Å². The monoisotopic (exact) mass is 355 g/mol. The van der Waals surface area contributed by atoms with Crippen molar-refractivity contribution in [3.05, 3.63) is 65.2 Å². The number of carbonyl (C=O) groups is 1. The molecule has 0 heterocycles. The first-order valence-corrected chi connectivity index (χ1v) is 7.57. The summed E-state index contributed by atoms with van der Waals surface area (Å²) in [6.07, 6.45) is 0.440. The number of alkyl halides is 2. The molecule has 0 bridgehead atoms. The molecule has 0 aliphatic carbocycles. The van der Waals surface area contributed by atoms with Crippen LogP contribution < -0.4 is 4.74 Å². The lowest BCUT2D eigenvalue weighted by molar-refractivity contribution is -0.130. The van der Waals surface area contributed by atoms with Gasteiger partial charge in [0.05, 0.1) is 0 Å². The molecular weight excluding hydrogens is 338 g/mol. The number of halogens is 4. The average molecular weight is 355 g/mol. The number of ether oxygens (including phenoxy) is 1. The molecule has 0 atom stereocenters. The summed E-state index contributed by atoms with van der Waals surface area (Å²) in [5.74, 6) is -1.99. The number of benzene rings is 2. The second-order valence-electron chi connectivity index (χ2n) is 5.52. The van der Waals surface area contributed by atoms with E-state index in [-0.39, 0.29) is 18.1 Å². The second-order valence-corrected chi connectivity index (χ2v) is 5.52. The SMILES string of the molecule is CN(Cc1ccc(OC(F)F)cc1)C(=O)CCc1ccc(F)c(F)c1. The van der Waals surface area contributed by atoms with Crippen molar-refractivity contribution in [2.24, 2.45) is 0 Å². The van der Waals surface area contributed by atoms with Crippen LogP contribution in [0.4, 0.5) is 17.6 Å². The van der Waals surface area contributed by atoms with E-state index in [2.05, 4.69) is 4.74 Å². The molecule has 0 fully saturated rings. The Morgan fingerprint density at radius 3 is 2.28 bits per heavy atom. The largest absolute Gasteiger partial charge is 0.435 e. The van der Waals surface area contributed by atoms with Gasteiger partial charge < -0.3 is 9.64 Å². The van der Waals surface area contributed by atoms with E-state index in [0.29, 0.717) is 18.5 Å². The standard InChI is InChI=1S/C18H17F4NO2/c1-23(11-13-2-6-14(7-3-13)25-18(21)22)17(24)9-5-12-4-8-15(19)16(20)10-12/h2-4,6-8,10,18H,5,9,11H2,1H3. The Morgan fingerprint density at radius 1 is 1.04 bits per heavy atom. The van der Waals surface area contributed by atoms with Crippen molar-refractivity contribution in [2.45, 2.75) is 26.0 Å². The van der Waals surface area contributed by atoms with Gasteiger partial charge in [-0.2, -0.15) is 8.78 Å². The number of carbonyl (C=O) groups excluding carboxylic acids is 1. The first kappa shape index (κ1) is 18.8. The predicted molar refractivity (Wildman–Crippen MR) is 84.2 cm³/mol. The number of hydrogen-bond acceptors (Lipinski definition) is 2. The zero-order valence-corrected chi connectivity index (χ0v) is 13.5. The zero-order chi connectivity index (χ0) is 18.4. The Kier molecular flexibility index (Phi) is 6.38. The topological polar surface area (TPSA) is 29.5 Å². The molecule has 1 amide bonds. The molecule has 2 aromatic carbocycles. The van der Waals surface area contributed by atoms with E-state index in [0.717, 1.165) is 17.7 Å². The fourth-order valence-corrected chi connectivity index (χ4v) is 2.28. The summed E-state index contributed by atoms with van der Waals surface area (Å²) in [6.45, 7) is -2.59. The molecule has 25 heavy (non-hydrogen) atoms. The number of nitrogens with zero attached hydrogens (tertiary/aromatic N) is 1. The Morgan fingerprint density at radius 2 is 1.68 bits per heavy atom. The number of amides is 1. The van der Waals surface area contributed by atoms with Gasteiger partial charge >= 0.3 is 6.61 Å². The third-order valence-electron chi connectivity index (χ3n) is 3.61. The van der Waals surface area contributed by atoms with E-state index in [1.165, 1.54) is 23.1 Å². The first-order valence-electron chi connectivity index (χ1n) is 7.57. The smallest absolute Gasteiger partial charge is 0.387 e. The lowest BCUT2D eigenvalue weighted by Crippen LogP contribution is -2.26. The Labute approximate surface area is 142 Å². The lowest BCUT2D eigenvalue weighted by Gasteiger charge is -2.17. The van der Waals surface area contributed by atoms with Crippen LogP contribution in [0.15, 0.2) is 42.5 Å². The van der Waals surface area contributed by atoms with Crippen molar-refractivity contribution in [3.63, 3.8) is 0 Å². The van der Waals surface area contributed by atoms with Crippen molar-refractivity contribution in [2.75, 3.05) is 7.05 Å². The summed E-state index contributed by atoms with van der Waals surface area (Å²) >= 11 is 0. The lowest BCUT2D eigenvalue weighted by atomic mass is 10.1. The number of aryl methyl sites for hydroxylation is 1. The quantitative estimate of drug-likeness (QED) is 0.698. The predicted octanol–water partition coefficient (Wildman–Crippen LogP) is 4.16. The summed E-state index contributed by atoms with van der Waals surface area (Å²) < 4.78 is 54.4. The van der Waals surface area contributed by atoms with Crippen LogP contribution in [-0.2, 0) is 17.8 Å². The fraction of sp³-hybridized carbons (Fsp3) is 0.278. The molecule has 0 unspecified atom stereocenters. The van der Waals surface area contributed by atoms with Crippen LogP contribution in [0.3, 0.4) is 0 Å². The molecule has 0 N–H and O–H groups in total. The van der Waals surface area contributed by atoms with Gasteiger partial charge in [0.25, 0.3) is 0 Å². The van der Waals surface area contributed by atoms with Crippen molar-refractivity contribution in [3.8, 4) is 5.75 Å². The summed E-state index contributed by atoms with van der Waals surface area (Å²) in [5, 5.41) is 0. The van der Waals surface area contributed by atoms with Gasteiger partial charge in [0.1, 0.15) is 5.75 Å². The Hall–Kier alpha value is -2.57. The highest BCUT2D eigenvalue weighted by Gasteiger charge is 2.11. The molecule has 7 heteroatoms. The molecule has 0 aliphatic heterocycles. The maximum Gasteiger partial charge on any atom is 0.387 e. The van der Waals surface area contributed by atoms with Gasteiger partial charge in [-0.1, -0.05) is 18.2 Å². The summed E-state index contributed by atoms with van der Waals surface area (Å²) in [6, 6.07) is 9.54. The van der Waals surface area contributed by atoms with Crippen LogP contribution in [-0.4, -0.2) is 24.5 Å². The van der Waals surface area contributed by atoms with E-state index in [1.54, 1.807) is 19.2 Å². The summed E-state index contributed by atoms with van der Waals surface area (Å²) in [7, 11) is 1.61. The molecule has 3 nitrogen and oxygen atoms in total. The van der Waals surface area contributed by atoms with Crippen LogP contribution in [0.25, 0.3) is 0 Å². The fourth-order valence-electron chi connectivity index (χ4n) is 2.28.